The molecule has 0 saturated carbocycles. The van der Waals surface area contributed by atoms with Crippen LogP contribution in [0.4, 0.5) is 4.39 Å². The summed E-state index contributed by atoms with van der Waals surface area (Å²) in [5.41, 5.74) is 2.65. The molecule has 1 aliphatic rings. The Labute approximate surface area is 169 Å². The molecule has 6 heteroatoms. The Bertz CT molecular complexity index is 1010. The molecule has 0 radical (unpaired) electrons. The molecule has 4 rings (SSSR count). The number of nitrogens with zero attached hydrogens (tertiary/aromatic N) is 3. The van der Waals surface area contributed by atoms with E-state index in [0.717, 1.165) is 37.2 Å². The molecule has 0 spiro atoms. The highest BCUT2D eigenvalue weighted by Gasteiger charge is 2.26. The molecule has 0 atom stereocenters. The summed E-state index contributed by atoms with van der Waals surface area (Å²) in [4.78, 5) is 15.2. The van der Waals surface area contributed by atoms with Crippen LogP contribution in [-0.2, 0) is 0 Å². The van der Waals surface area contributed by atoms with Crippen molar-refractivity contribution < 1.29 is 13.9 Å². The van der Waals surface area contributed by atoms with E-state index >= 15 is 0 Å². The lowest BCUT2D eigenvalue weighted by Gasteiger charge is -2.30. The Hall–Kier alpha value is -3.15. The van der Waals surface area contributed by atoms with Gasteiger partial charge in [0.15, 0.2) is 0 Å². The van der Waals surface area contributed by atoms with Crippen LogP contribution in [0.3, 0.4) is 0 Å². The second-order valence-electron chi connectivity index (χ2n) is 7.51. The Morgan fingerprint density at radius 3 is 2.52 bits per heavy atom. The van der Waals surface area contributed by atoms with E-state index in [4.69, 9.17) is 4.74 Å². The molecule has 2 aromatic carbocycles. The second-order valence-corrected chi connectivity index (χ2v) is 7.51. The van der Waals surface area contributed by atoms with Crippen molar-refractivity contribution >= 4 is 5.91 Å². The van der Waals surface area contributed by atoms with Gasteiger partial charge in [-0.05, 0) is 61.2 Å². The zero-order valence-electron chi connectivity index (χ0n) is 16.6. The molecule has 2 heterocycles. The van der Waals surface area contributed by atoms with E-state index in [1.165, 1.54) is 12.1 Å². The lowest BCUT2D eigenvalue weighted by Crippen LogP contribution is -2.38. The van der Waals surface area contributed by atoms with Crippen molar-refractivity contribution in [1.82, 2.24) is 14.7 Å². The van der Waals surface area contributed by atoms with Gasteiger partial charge in [0, 0.05) is 18.7 Å². The number of hydrogen-bond acceptors (Lipinski definition) is 3. The highest BCUT2D eigenvalue weighted by molar-refractivity contribution is 5.94. The predicted octanol–water partition coefficient (Wildman–Crippen LogP) is 4.56. The van der Waals surface area contributed by atoms with E-state index in [9.17, 15) is 9.18 Å². The summed E-state index contributed by atoms with van der Waals surface area (Å²) >= 11 is 0. The highest BCUT2D eigenvalue weighted by Crippen LogP contribution is 2.27. The third kappa shape index (κ3) is 4.01. The monoisotopic (exact) mass is 393 g/mol. The van der Waals surface area contributed by atoms with Gasteiger partial charge in [-0.3, -0.25) is 4.79 Å². The van der Waals surface area contributed by atoms with Crippen molar-refractivity contribution in [2.75, 3.05) is 20.2 Å². The molecule has 1 aliphatic heterocycles. The summed E-state index contributed by atoms with van der Waals surface area (Å²) in [7, 11) is 1.61. The van der Waals surface area contributed by atoms with Gasteiger partial charge in [-0.1, -0.05) is 19.1 Å². The fourth-order valence-electron chi connectivity index (χ4n) is 3.61. The number of likely N-dealkylation sites (tertiary alicyclic amines) is 1. The summed E-state index contributed by atoms with van der Waals surface area (Å²) in [6, 6.07) is 15.4. The van der Waals surface area contributed by atoms with Crippen LogP contribution in [0.2, 0.25) is 0 Å². The molecule has 1 amide bonds. The Morgan fingerprint density at radius 1 is 1.10 bits per heavy atom. The van der Waals surface area contributed by atoms with Gasteiger partial charge in [0.2, 0.25) is 0 Å². The van der Waals surface area contributed by atoms with E-state index in [1.807, 2.05) is 29.2 Å². The molecule has 0 aliphatic carbocycles. The second kappa shape index (κ2) is 8.07. The van der Waals surface area contributed by atoms with Crippen LogP contribution < -0.4 is 4.74 Å². The number of rotatable bonds is 4. The zero-order valence-corrected chi connectivity index (χ0v) is 16.6. The van der Waals surface area contributed by atoms with Gasteiger partial charge in [-0.15, -0.1) is 0 Å². The smallest absolute Gasteiger partial charge is 0.272 e. The average molecular weight is 393 g/mol. The topological polar surface area (TPSA) is 47.4 Å². The van der Waals surface area contributed by atoms with Crippen molar-refractivity contribution in [1.29, 1.82) is 0 Å². The van der Waals surface area contributed by atoms with Crippen molar-refractivity contribution in [2.45, 2.75) is 19.8 Å². The first kappa shape index (κ1) is 19.2. The van der Waals surface area contributed by atoms with Crippen LogP contribution in [0.25, 0.3) is 16.9 Å². The van der Waals surface area contributed by atoms with Crippen LogP contribution in [-0.4, -0.2) is 40.8 Å². The quantitative estimate of drug-likeness (QED) is 0.653. The van der Waals surface area contributed by atoms with Crippen molar-refractivity contribution in [2.24, 2.45) is 5.92 Å². The van der Waals surface area contributed by atoms with Crippen LogP contribution in [0.1, 0.15) is 30.3 Å². The average Bonchev–Trinajstić information content (AvgIpc) is 3.20. The Morgan fingerprint density at radius 2 is 1.83 bits per heavy atom. The number of methoxy groups -OCH3 is 1. The summed E-state index contributed by atoms with van der Waals surface area (Å²) in [6.07, 6.45) is 2.00. The van der Waals surface area contributed by atoms with Gasteiger partial charge in [-0.2, -0.15) is 5.10 Å². The largest absolute Gasteiger partial charge is 0.497 e. The highest BCUT2D eigenvalue weighted by atomic mass is 19.1. The number of aromatic nitrogens is 2. The summed E-state index contributed by atoms with van der Waals surface area (Å²) in [5, 5.41) is 4.68. The lowest BCUT2D eigenvalue weighted by molar-refractivity contribution is 0.0688. The molecular weight excluding hydrogens is 369 g/mol. The first-order valence-corrected chi connectivity index (χ1v) is 9.85. The maximum absolute atomic E-state index is 13.4. The molecular formula is C23H24FN3O2. The van der Waals surface area contributed by atoms with Gasteiger partial charge in [0.25, 0.3) is 5.91 Å². The van der Waals surface area contributed by atoms with Crippen LogP contribution in [0, 0.1) is 11.7 Å². The zero-order chi connectivity index (χ0) is 20.4. The van der Waals surface area contributed by atoms with Gasteiger partial charge < -0.3 is 9.64 Å². The number of amides is 1. The molecule has 150 valence electrons. The number of carbonyl (C=O) groups is 1. The Balaban J connectivity index is 1.76. The standard InChI is InChI=1S/C23H24FN3O2/c1-16-10-12-26(13-11-16)23(28)22-15-21(17-4-3-5-20(14-17)29-2)25-27(22)19-8-6-18(24)7-9-19/h3-9,14-16H,10-13H2,1-2H3. The summed E-state index contributed by atoms with van der Waals surface area (Å²) in [5.74, 6) is 0.972. The Kier molecular flexibility index (Phi) is 5.34. The summed E-state index contributed by atoms with van der Waals surface area (Å²) < 4.78 is 20.3. The fraction of sp³-hybridized carbons (Fsp3) is 0.304. The molecule has 29 heavy (non-hydrogen) atoms. The molecule has 0 N–H and O–H groups in total. The minimum atomic E-state index is -0.327. The first-order chi connectivity index (χ1) is 14.0. The number of carbonyl (C=O) groups excluding carboxylic acids is 1. The van der Waals surface area contributed by atoms with E-state index in [0.29, 0.717) is 23.0 Å². The van der Waals surface area contributed by atoms with E-state index in [-0.39, 0.29) is 11.7 Å². The van der Waals surface area contributed by atoms with E-state index < -0.39 is 0 Å². The third-order valence-electron chi connectivity index (χ3n) is 5.44. The molecule has 1 aromatic heterocycles. The van der Waals surface area contributed by atoms with Gasteiger partial charge in [0.05, 0.1) is 18.5 Å². The van der Waals surface area contributed by atoms with Gasteiger partial charge >= 0.3 is 0 Å². The summed E-state index contributed by atoms with van der Waals surface area (Å²) in [6.45, 7) is 3.69. The van der Waals surface area contributed by atoms with Crippen LogP contribution in [0.5, 0.6) is 5.75 Å². The van der Waals surface area contributed by atoms with Gasteiger partial charge in [0.1, 0.15) is 17.3 Å². The molecule has 3 aromatic rings. The first-order valence-electron chi connectivity index (χ1n) is 9.85. The normalized spacial score (nSPS) is 14.8. The van der Waals surface area contributed by atoms with Crippen molar-refractivity contribution in [3.8, 4) is 22.7 Å². The maximum Gasteiger partial charge on any atom is 0.272 e. The molecule has 1 fully saturated rings. The van der Waals surface area contributed by atoms with E-state index in [1.54, 1.807) is 30.0 Å². The molecule has 5 nitrogen and oxygen atoms in total. The molecule has 1 saturated heterocycles. The van der Waals surface area contributed by atoms with Gasteiger partial charge in [-0.25, -0.2) is 9.07 Å². The maximum atomic E-state index is 13.4. The number of piperidine rings is 1. The van der Waals surface area contributed by atoms with Crippen LogP contribution in [0.15, 0.2) is 54.6 Å². The van der Waals surface area contributed by atoms with E-state index in [2.05, 4.69) is 12.0 Å². The van der Waals surface area contributed by atoms with Crippen molar-refractivity contribution in [3.63, 3.8) is 0 Å². The fourth-order valence-corrected chi connectivity index (χ4v) is 3.61. The molecule has 0 unspecified atom stereocenters. The van der Waals surface area contributed by atoms with Crippen LogP contribution >= 0.6 is 0 Å². The van der Waals surface area contributed by atoms with Crippen molar-refractivity contribution in [3.05, 3.63) is 66.1 Å². The SMILES string of the molecule is COc1cccc(-c2cc(C(=O)N3CCC(C)CC3)n(-c3ccc(F)cc3)n2)c1. The molecule has 0 bridgehead atoms. The predicted molar refractivity (Wildman–Crippen MR) is 110 cm³/mol. The minimum Gasteiger partial charge on any atom is -0.497 e. The number of halogens is 1. The minimum absolute atomic E-state index is 0.0529. The third-order valence-corrected chi connectivity index (χ3v) is 5.44. The number of hydrogen-bond donors (Lipinski definition) is 0. The lowest BCUT2D eigenvalue weighted by atomic mass is 9.99. The number of ether oxygens (including phenoxy) is 1. The number of benzene rings is 2.